The van der Waals surface area contributed by atoms with Gasteiger partial charge in [0.15, 0.2) is 0 Å². The zero-order valence-corrected chi connectivity index (χ0v) is 19.4. The number of pyridine rings is 1. The van der Waals surface area contributed by atoms with Crippen molar-refractivity contribution in [2.45, 2.75) is 42.8 Å². The SMILES string of the molecule is N#CCC1(N2CC=C(c3cc(N(C=O)C4CC4)nc4[nH]ccc34)CC2)CN(S(=O)(=O)C(F)(F)F)C1. The molecule has 1 aliphatic carbocycles. The number of sulfonamides is 1. The minimum absolute atomic E-state index is 0.0722. The van der Waals surface area contributed by atoms with Crippen molar-refractivity contribution in [3.8, 4) is 6.07 Å². The van der Waals surface area contributed by atoms with E-state index in [4.69, 9.17) is 0 Å². The second-order valence-electron chi connectivity index (χ2n) is 9.22. The van der Waals surface area contributed by atoms with Crippen molar-refractivity contribution >= 4 is 38.9 Å². The van der Waals surface area contributed by atoms with E-state index in [0.717, 1.165) is 35.8 Å². The van der Waals surface area contributed by atoms with Crippen LogP contribution in [0.5, 0.6) is 0 Å². The molecule has 1 amide bonds. The average Bonchev–Trinajstić information content (AvgIpc) is 3.50. The van der Waals surface area contributed by atoms with E-state index in [9.17, 15) is 31.6 Å². The Bertz CT molecular complexity index is 1340. The maximum Gasteiger partial charge on any atom is 0.511 e. The summed E-state index contributed by atoms with van der Waals surface area (Å²) in [5.41, 5.74) is -3.74. The first kappa shape index (κ1) is 23.8. The molecule has 2 aromatic heterocycles. The zero-order chi connectivity index (χ0) is 25.0. The standard InChI is InChI=1S/C22H23F3N6O3S/c23-22(24,25)35(33,34)30-12-21(13-30,6-7-26)29-9-4-15(5-10-29)18-11-19(31(14-32)16-1-2-16)28-20-17(18)3-8-27-20/h3-4,8,11,14,16H,1-2,5-6,9-10,12-13H2,(H,27,28). The van der Waals surface area contributed by atoms with E-state index in [-0.39, 0.29) is 25.6 Å². The minimum atomic E-state index is -5.42. The van der Waals surface area contributed by atoms with Crippen LogP contribution in [0, 0.1) is 11.3 Å². The molecule has 2 fully saturated rings. The fourth-order valence-electron chi connectivity index (χ4n) is 4.94. The van der Waals surface area contributed by atoms with E-state index in [1.165, 1.54) is 0 Å². The monoisotopic (exact) mass is 508 g/mol. The maximum atomic E-state index is 12.9. The van der Waals surface area contributed by atoms with Gasteiger partial charge >= 0.3 is 15.5 Å². The summed E-state index contributed by atoms with van der Waals surface area (Å²) in [6, 6.07) is 5.95. The Balaban J connectivity index is 1.39. The number of nitriles is 1. The number of fused-ring (bicyclic) bond motifs is 1. The highest BCUT2D eigenvalue weighted by molar-refractivity contribution is 7.90. The van der Waals surface area contributed by atoms with Crippen molar-refractivity contribution in [2.75, 3.05) is 31.1 Å². The predicted molar refractivity (Wildman–Crippen MR) is 121 cm³/mol. The van der Waals surface area contributed by atoms with Crippen LogP contribution in [-0.2, 0) is 14.8 Å². The first-order valence-electron chi connectivity index (χ1n) is 11.2. The lowest BCUT2D eigenvalue weighted by molar-refractivity contribution is -0.107. The molecule has 2 aromatic rings. The molecule has 186 valence electrons. The fraction of sp³-hybridized carbons (Fsp3) is 0.500. The Morgan fingerprint density at radius 3 is 2.66 bits per heavy atom. The Morgan fingerprint density at radius 2 is 2.09 bits per heavy atom. The van der Waals surface area contributed by atoms with Crippen LogP contribution in [0.3, 0.4) is 0 Å². The van der Waals surface area contributed by atoms with Gasteiger partial charge in [0.2, 0.25) is 6.41 Å². The molecule has 4 heterocycles. The van der Waals surface area contributed by atoms with E-state index in [1.54, 1.807) is 11.1 Å². The van der Waals surface area contributed by atoms with E-state index in [0.29, 0.717) is 35.3 Å². The van der Waals surface area contributed by atoms with E-state index in [1.807, 2.05) is 29.2 Å². The third kappa shape index (κ3) is 3.99. The van der Waals surface area contributed by atoms with Crippen LogP contribution < -0.4 is 4.90 Å². The zero-order valence-electron chi connectivity index (χ0n) is 18.6. The molecule has 1 saturated heterocycles. The number of rotatable bonds is 7. The summed E-state index contributed by atoms with van der Waals surface area (Å²) in [6.45, 7) is 0.0724. The van der Waals surface area contributed by atoms with Crippen molar-refractivity contribution in [3.63, 3.8) is 0 Å². The number of nitrogens with zero attached hydrogens (tertiary/aromatic N) is 5. The molecule has 0 spiro atoms. The summed E-state index contributed by atoms with van der Waals surface area (Å²) < 4.78 is 62.7. The summed E-state index contributed by atoms with van der Waals surface area (Å²) in [5, 5.41) is 10.2. The number of alkyl halides is 3. The van der Waals surface area contributed by atoms with Gasteiger partial charge in [-0.1, -0.05) is 6.08 Å². The Labute approximate surface area is 199 Å². The normalized spacial score (nSPS) is 21.3. The van der Waals surface area contributed by atoms with Gasteiger partial charge in [-0.25, -0.2) is 13.4 Å². The molecule has 0 atom stereocenters. The lowest BCUT2D eigenvalue weighted by Gasteiger charge is -2.54. The second kappa shape index (κ2) is 8.32. The molecule has 1 N–H and O–H groups in total. The van der Waals surface area contributed by atoms with E-state index >= 15 is 0 Å². The van der Waals surface area contributed by atoms with Gasteiger partial charge in [-0.15, -0.1) is 0 Å². The number of amides is 1. The molecule has 3 aliphatic rings. The van der Waals surface area contributed by atoms with Crippen LogP contribution >= 0.6 is 0 Å². The molecule has 2 aliphatic heterocycles. The summed E-state index contributed by atoms with van der Waals surface area (Å²) in [6.07, 6.45) is 6.85. The smallest absolute Gasteiger partial charge is 0.346 e. The number of aromatic nitrogens is 2. The summed E-state index contributed by atoms with van der Waals surface area (Å²) in [4.78, 5) is 22.9. The number of H-pyrrole nitrogens is 1. The lowest BCUT2D eigenvalue weighted by atomic mass is 9.84. The number of hydrogen-bond donors (Lipinski definition) is 1. The van der Waals surface area contributed by atoms with Crippen LogP contribution in [0.25, 0.3) is 16.6 Å². The molecular formula is C22H23F3N6O3S. The summed E-state index contributed by atoms with van der Waals surface area (Å²) >= 11 is 0. The average molecular weight is 509 g/mol. The highest BCUT2D eigenvalue weighted by Gasteiger charge is 2.59. The Hall–Kier alpha value is -2.95. The largest absolute Gasteiger partial charge is 0.511 e. The number of hydrogen-bond acceptors (Lipinski definition) is 6. The summed E-state index contributed by atoms with van der Waals surface area (Å²) in [5.74, 6) is 0.559. The van der Waals surface area contributed by atoms with Gasteiger partial charge in [-0.05, 0) is 42.5 Å². The highest BCUT2D eigenvalue weighted by Crippen LogP contribution is 2.41. The fourth-order valence-corrected chi connectivity index (χ4v) is 6.06. The third-order valence-corrected chi connectivity index (χ3v) is 8.56. The number of aromatic amines is 1. The molecule has 0 unspecified atom stereocenters. The lowest BCUT2D eigenvalue weighted by Crippen LogP contribution is -2.72. The number of carbonyl (C=O) groups excluding carboxylic acids is 1. The molecule has 0 radical (unpaired) electrons. The Kier molecular flexibility index (Phi) is 5.65. The van der Waals surface area contributed by atoms with Crippen LogP contribution in [-0.4, -0.2) is 77.3 Å². The van der Waals surface area contributed by atoms with Gasteiger partial charge in [-0.3, -0.25) is 14.6 Å². The van der Waals surface area contributed by atoms with Crippen molar-refractivity contribution in [1.29, 1.82) is 5.26 Å². The number of nitrogens with one attached hydrogen (secondary N) is 1. The van der Waals surface area contributed by atoms with Crippen LogP contribution in [0.4, 0.5) is 19.0 Å². The molecule has 1 saturated carbocycles. The van der Waals surface area contributed by atoms with Crippen molar-refractivity contribution in [3.05, 3.63) is 30.0 Å². The van der Waals surface area contributed by atoms with Crippen molar-refractivity contribution < 1.29 is 26.4 Å². The van der Waals surface area contributed by atoms with Crippen LogP contribution in [0.2, 0.25) is 0 Å². The highest BCUT2D eigenvalue weighted by atomic mass is 32.2. The molecule has 13 heteroatoms. The quantitative estimate of drug-likeness (QED) is 0.576. The van der Waals surface area contributed by atoms with Crippen LogP contribution in [0.1, 0.15) is 31.2 Å². The predicted octanol–water partition coefficient (Wildman–Crippen LogP) is 2.59. The van der Waals surface area contributed by atoms with Crippen LogP contribution in [0.15, 0.2) is 24.4 Å². The third-order valence-electron chi connectivity index (χ3n) is 7.04. The van der Waals surface area contributed by atoms with Gasteiger partial charge < -0.3 is 4.98 Å². The maximum absolute atomic E-state index is 12.9. The van der Waals surface area contributed by atoms with Gasteiger partial charge in [0.05, 0.1) is 18.0 Å². The molecule has 0 aromatic carbocycles. The molecule has 5 rings (SSSR count). The topological polar surface area (TPSA) is 113 Å². The molecule has 0 bridgehead atoms. The van der Waals surface area contributed by atoms with Crippen molar-refractivity contribution in [2.24, 2.45) is 0 Å². The van der Waals surface area contributed by atoms with Crippen molar-refractivity contribution in [1.82, 2.24) is 19.2 Å². The van der Waals surface area contributed by atoms with E-state index < -0.39 is 21.1 Å². The Morgan fingerprint density at radius 1 is 1.34 bits per heavy atom. The molecular weight excluding hydrogens is 485 g/mol. The molecule has 35 heavy (non-hydrogen) atoms. The summed E-state index contributed by atoms with van der Waals surface area (Å²) in [7, 11) is -5.42. The van der Waals surface area contributed by atoms with Gasteiger partial charge in [0.1, 0.15) is 11.5 Å². The second-order valence-corrected chi connectivity index (χ2v) is 11.1. The first-order valence-corrected chi connectivity index (χ1v) is 12.6. The van der Waals surface area contributed by atoms with Gasteiger partial charge in [0, 0.05) is 43.8 Å². The van der Waals surface area contributed by atoms with Gasteiger partial charge in [-0.2, -0.15) is 22.7 Å². The minimum Gasteiger partial charge on any atom is -0.346 e. The first-order chi connectivity index (χ1) is 16.6. The number of anilines is 1. The van der Waals surface area contributed by atoms with Gasteiger partial charge in [0.25, 0.3) is 0 Å². The number of halogens is 3. The van der Waals surface area contributed by atoms with E-state index in [2.05, 4.69) is 9.97 Å². The molecule has 9 nitrogen and oxygen atoms in total. The number of carbonyl (C=O) groups is 1.